The maximum absolute atomic E-state index is 8.98. The fraction of sp³-hybridized carbons (Fsp3) is 0.538. The molecule has 1 atom stereocenters. The molecule has 1 aromatic rings. The molecule has 14 heavy (non-hydrogen) atoms. The van der Waals surface area contributed by atoms with Crippen LogP contribution in [0.4, 0.5) is 0 Å². The zero-order chi connectivity index (χ0) is 10.4. The van der Waals surface area contributed by atoms with Crippen molar-refractivity contribution in [3.05, 3.63) is 35.4 Å². The monoisotopic (exact) mass is 192 g/mol. The second-order valence-electron chi connectivity index (χ2n) is 3.91. The summed E-state index contributed by atoms with van der Waals surface area (Å²) >= 11 is 0. The topological polar surface area (TPSA) is 20.2 Å². The molecule has 0 saturated carbocycles. The van der Waals surface area contributed by atoms with Gasteiger partial charge in [0.15, 0.2) is 0 Å². The molecule has 0 aliphatic rings. The Kier molecular flexibility index (Phi) is 4.68. The maximum atomic E-state index is 8.98. The van der Waals surface area contributed by atoms with Gasteiger partial charge in [0, 0.05) is 6.61 Å². The van der Waals surface area contributed by atoms with Crippen molar-refractivity contribution in [2.45, 2.75) is 39.0 Å². The Bertz CT molecular complexity index is 244. The summed E-state index contributed by atoms with van der Waals surface area (Å²) in [5.74, 6) is 0.533. The molecule has 1 rings (SSSR count). The molecule has 0 aliphatic heterocycles. The van der Waals surface area contributed by atoms with Gasteiger partial charge in [0.25, 0.3) is 0 Å². The van der Waals surface area contributed by atoms with Crippen molar-refractivity contribution in [1.82, 2.24) is 0 Å². The maximum Gasteiger partial charge on any atom is 0.0436 e. The van der Waals surface area contributed by atoms with Crippen LogP contribution < -0.4 is 0 Å². The first kappa shape index (κ1) is 11.3. The summed E-state index contributed by atoms with van der Waals surface area (Å²) in [6.07, 6.45) is 3.24. The summed E-state index contributed by atoms with van der Waals surface area (Å²) < 4.78 is 0. The van der Waals surface area contributed by atoms with Crippen LogP contribution in [0, 0.1) is 6.92 Å². The van der Waals surface area contributed by atoms with Crippen molar-refractivity contribution in [1.29, 1.82) is 0 Å². The van der Waals surface area contributed by atoms with E-state index in [2.05, 4.69) is 38.1 Å². The van der Waals surface area contributed by atoms with E-state index in [-0.39, 0.29) is 0 Å². The van der Waals surface area contributed by atoms with Crippen LogP contribution in [0.25, 0.3) is 0 Å². The van der Waals surface area contributed by atoms with Gasteiger partial charge in [-0.05, 0) is 31.2 Å². The molecule has 0 heterocycles. The zero-order valence-electron chi connectivity index (χ0n) is 9.16. The predicted molar refractivity (Wildman–Crippen MR) is 60.5 cm³/mol. The van der Waals surface area contributed by atoms with Crippen molar-refractivity contribution < 1.29 is 5.11 Å². The lowest BCUT2D eigenvalue weighted by Crippen LogP contribution is -2.01. The quantitative estimate of drug-likeness (QED) is 0.759. The Balaban J connectivity index is 2.71. The Morgan fingerprint density at radius 1 is 1.14 bits per heavy atom. The second-order valence-corrected chi connectivity index (χ2v) is 3.91. The van der Waals surface area contributed by atoms with Gasteiger partial charge in [0.2, 0.25) is 0 Å². The molecule has 0 saturated heterocycles. The molecule has 0 aliphatic carbocycles. The van der Waals surface area contributed by atoms with Gasteiger partial charge >= 0.3 is 0 Å². The van der Waals surface area contributed by atoms with Crippen LogP contribution in [-0.4, -0.2) is 11.7 Å². The molecular weight excluding hydrogens is 172 g/mol. The predicted octanol–water partition coefficient (Wildman–Crippen LogP) is 3.26. The molecule has 1 N–H and O–H groups in total. The third-order valence-corrected chi connectivity index (χ3v) is 2.66. The molecule has 0 bridgehead atoms. The lowest BCUT2D eigenvalue weighted by molar-refractivity contribution is 0.272. The minimum atomic E-state index is 0.290. The normalized spacial score (nSPS) is 12.8. The highest BCUT2D eigenvalue weighted by Gasteiger charge is 2.09. The van der Waals surface area contributed by atoms with Gasteiger partial charge in [-0.2, -0.15) is 0 Å². The lowest BCUT2D eigenvalue weighted by atomic mass is 9.91. The van der Waals surface area contributed by atoms with Gasteiger partial charge < -0.3 is 5.11 Å². The lowest BCUT2D eigenvalue weighted by Gasteiger charge is -2.15. The van der Waals surface area contributed by atoms with E-state index in [1.165, 1.54) is 24.0 Å². The average Bonchev–Trinajstić information content (AvgIpc) is 2.19. The average molecular weight is 192 g/mol. The molecule has 1 unspecified atom stereocenters. The van der Waals surface area contributed by atoms with Gasteiger partial charge in [-0.3, -0.25) is 0 Å². The Morgan fingerprint density at radius 3 is 2.29 bits per heavy atom. The van der Waals surface area contributed by atoms with Crippen LogP contribution >= 0.6 is 0 Å². The number of aliphatic hydroxyl groups excluding tert-OH is 1. The van der Waals surface area contributed by atoms with Gasteiger partial charge in [-0.25, -0.2) is 0 Å². The highest BCUT2D eigenvalue weighted by Crippen LogP contribution is 2.24. The fourth-order valence-electron chi connectivity index (χ4n) is 1.82. The van der Waals surface area contributed by atoms with Crippen molar-refractivity contribution in [2.24, 2.45) is 0 Å². The van der Waals surface area contributed by atoms with Crippen molar-refractivity contribution >= 4 is 0 Å². The first-order chi connectivity index (χ1) is 6.77. The van der Waals surface area contributed by atoms with E-state index in [0.29, 0.717) is 12.5 Å². The van der Waals surface area contributed by atoms with Crippen molar-refractivity contribution in [3.63, 3.8) is 0 Å². The first-order valence-corrected chi connectivity index (χ1v) is 5.45. The van der Waals surface area contributed by atoms with Gasteiger partial charge in [0.1, 0.15) is 0 Å². The molecule has 1 nitrogen and oxygen atoms in total. The third kappa shape index (κ3) is 3.15. The molecule has 1 heteroatoms. The van der Waals surface area contributed by atoms with E-state index in [1.54, 1.807) is 0 Å². The minimum absolute atomic E-state index is 0.290. The zero-order valence-corrected chi connectivity index (χ0v) is 9.16. The summed E-state index contributed by atoms with van der Waals surface area (Å²) in [4.78, 5) is 0. The highest BCUT2D eigenvalue weighted by molar-refractivity contribution is 5.24. The fourth-order valence-corrected chi connectivity index (χ4v) is 1.82. The standard InChI is InChI=1S/C13H20O/c1-3-4-12(9-10-14)13-7-5-11(2)6-8-13/h5-8,12,14H,3-4,9-10H2,1-2H3. The highest BCUT2D eigenvalue weighted by atomic mass is 16.3. The molecule has 0 fully saturated rings. The first-order valence-electron chi connectivity index (χ1n) is 5.45. The smallest absolute Gasteiger partial charge is 0.0436 e. The SMILES string of the molecule is CCCC(CCO)c1ccc(C)cc1. The van der Waals surface area contributed by atoms with Crippen molar-refractivity contribution in [3.8, 4) is 0 Å². The summed E-state index contributed by atoms with van der Waals surface area (Å²) in [6, 6.07) is 8.67. The Labute approximate surface area is 86.8 Å². The van der Waals surface area contributed by atoms with Crippen LogP contribution in [0.2, 0.25) is 0 Å². The number of hydrogen-bond donors (Lipinski definition) is 1. The molecule has 78 valence electrons. The Morgan fingerprint density at radius 2 is 1.79 bits per heavy atom. The molecule has 0 amide bonds. The number of rotatable bonds is 5. The molecular formula is C13H20O. The summed E-state index contributed by atoms with van der Waals surface area (Å²) in [5.41, 5.74) is 2.67. The second kappa shape index (κ2) is 5.82. The molecule has 0 spiro atoms. The molecule has 1 aromatic carbocycles. The van der Waals surface area contributed by atoms with Crippen LogP contribution in [-0.2, 0) is 0 Å². The summed E-state index contributed by atoms with van der Waals surface area (Å²) in [6.45, 7) is 4.59. The largest absolute Gasteiger partial charge is 0.396 e. The number of hydrogen-bond acceptors (Lipinski definition) is 1. The number of benzene rings is 1. The molecule has 0 radical (unpaired) electrons. The van der Waals surface area contributed by atoms with Gasteiger partial charge in [0.05, 0.1) is 0 Å². The van der Waals surface area contributed by atoms with Crippen molar-refractivity contribution in [2.75, 3.05) is 6.61 Å². The Hall–Kier alpha value is -0.820. The van der Waals surface area contributed by atoms with Gasteiger partial charge in [-0.1, -0.05) is 43.2 Å². The summed E-state index contributed by atoms with van der Waals surface area (Å²) in [7, 11) is 0. The third-order valence-electron chi connectivity index (χ3n) is 2.66. The van der Waals surface area contributed by atoms with E-state index in [4.69, 9.17) is 5.11 Å². The van der Waals surface area contributed by atoms with E-state index in [1.807, 2.05) is 0 Å². The van der Waals surface area contributed by atoms with Crippen LogP contribution in [0.15, 0.2) is 24.3 Å². The van der Waals surface area contributed by atoms with Crippen LogP contribution in [0.3, 0.4) is 0 Å². The van der Waals surface area contributed by atoms with Crippen LogP contribution in [0.5, 0.6) is 0 Å². The number of aliphatic hydroxyl groups is 1. The van der Waals surface area contributed by atoms with E-state index in [0.717, 1.165) is 6.42 Å². The van der Waals surface area contributed by atoms with E-state index in [9.17, 15) is 0 Å². The van der Waals surface area contributed by atoms with E-state index < -0.39 is 0 Å². The minimum Gasteiger partial charge on any atom is -0.396 e. The number of aryl methyl sites for hydroxylation is 1. The molecule has 0 aromatic heterocycles. The van der Waals surface area contributed by atoms with Crippen LogP contribution in [0.1, 0.15) is 43.2 Å². The van der Waals surface area contributed by atoms with E-state index >= 15 is 0 Å². The van der Waals surface area contributed by atoms with Gasteiger partial charge in [-0.15, -0.1) is 0 Å². The summed E-state index contributed by atoms with van der Waals surface area (Å²) in [5, 5.41) is 8.98.